The van der Waals surface area contributed by atoms with Crippen molar-refractivity contribution >= 4 is 34.1 Å². The van der Waals surface area contributed by atoms with E-state index in [0.717, 1.165) is 11.3 Å². The first-order valence-corrected chi connectivity index (χ1v) is 7.04. The number of hydrogen-bond acceptors (Lipinski definition) is 6. The zero-order valence-corrected chi connectivity index (χ0v) is 11.8. The van der Waals surface area contributed by atoms with Crippen molar-refractivity contribution in [1.29, 1.82) is 0 Å². The molecule has 0 radical (unpaired) electrons. The van der Waals surface area contributed by atoms with Gasteiger partial charge in [0, 0.05) is 24.3 Å². The Labute approximate surface area is 120 Å². The van der Waals surface area contributed by atoms with Crippen molar-refractivity contribution in [3.63, 3.8) is 0 Å². The number of nitrogens with zero attached hydrogens (tertiary/aromatic N) is 2. The molecule has 7 heteroatoms. The number of carbonyl (C=O) groups is 3. The van der Waals surface area contributed by atoms with Crippen molar-refractivity contribution in [1.82, 2.24) is 4.98 Å². The molecule has 1 aliphatic rings. The molecule has 1 unspecified atom stereocenters. The molecule has 1 aromatic rings. The third-order valence-corrected chi connectivity index (χ3v) is 3.77. The Bertz CT molecular complexity index is 566. The van der Waals surface area contributed by atoms with Gasteiger partial charge in [-0.2, -0.15) is 0 Å². The average molecular weight is 294 g/mol. The summed E-state index contributed by atoms with van der Waals surface area (Å²) in [6.07, 6.45) is 2.13. The molecule has 0 aliphatic carbocycles. The zero-order chi connectivity index (χ0) is 14.7. The number of thiazole rings is 1. The van der Waals surface area contributed by atoms with Crippen LogP contribution in [0, 0.1) is 5.92 Å². The molecule has 1 saturated heterocycles. The first kappa shape index (κ1) is 14.4. The van der Waals surface area contributed by atoms with Crippen LogP contribution in [0.25, 0.3) is 0 Å². The summed E-state index contributed by atoms with van der Waals surface area (Å²) in [6.45, 7) is 5.93. The smallest absolute Gasteiger partial charge is 0.381 e. The fourth-order valence-electron chi connectivity index (χ4n) is 1.87. The van der Waals surface area contributed by atoms with Gasteiger partial charge in [0.05, 0.1) is 6.61 Å². The van der Waals surface area contributed by atoms with Gasteiger partial charge in [-0.1, -0.05) is 6.08 Å². The highest BCUT2D eigenvalue weighted by atomic mass is 32.1. The van der Waals surface area contributed by atoms with E-state index in [9.17, 15) is 14.4 Å². The maximum Gasteiger partial charge on any atom is 0.381 e. The van der Waals surface area contributed by atoms with Gasteiger partial charge in [0.2, 0.25) is 5.91 Å². The maximum absolute atomic E-state index is 11.8. The molecule has 20 heavy (non-hydrogen) atoms. The van der Waals surface area contributed by atoms with Crippen LogP contribution in [0.5, 0.6) is 0 Å². The second kappa shape index (κ2) is 5.96. The molecular weight excluding hydrogens is 280 g/mol. The quantitative estimate of drug-likeness (QED) is 0.355. The van der Waals surface area contributed by atoms with Gasteiger partial charge in [-0.15, -0.1) is 17.9 Å². The number of ether oxygens (including phenoxy) is 1. The lowest BCUT2D eigenvalue weighted by atomic mass is 10.1. The van der Waals surface area contributed by atoms with Gasteiger partial charge in [0.25, 0.3) is 5.78 Å². The minimum Gasteiger partial charge on any atom is -0.460 e. The molecule has 0 saturated carbocycles. The molecule has 1 aliphatic heterocycles. The van der Waals surface area contributed by atoms with Crippen molar-refractivity contribution < 1.29 is 19.1 Å². The lowest BCUT2D eigenvalue weighted by Crippen LogP contribution is -2.24. The van der Waals surface area contributed by atoms with E-state index in [1.54, 1.807) is 13.0 Å². The monoisotopic (exact) mass is 294 g/mol. The van der Waals surface area contributed by atoms with Crippen LogP contribution in [0.2, 0.25) is 0 Å². The normalized spacial score (nSPS) is 18.1. The van der Waals surface area contributed by atoms with E-state index < -0.39 is 11.8 Å². The Morgan fingerprint density at radius 3 is 3.00 bits per heavy atom. The number of esters is 1. The molecule has 6 nitrogen and oxygen atoms in total. The summed E-state index contributed by atoms with van der Waals surface area (Å²) in [7, 11) is 0. The highest BCUT2D eigenvalue weighted by Crippen LogP contribution is 2.28. The van der Waals surface area contributed by atoms with Crippen LogP contribution >= 0.6 is 11.3 Å². The van der Waals surface area contributed by atoms with Gasteiger partial charge in [0.1, 0.15) is 5.69 Å². The van der Waals surface area contributed by atoms with Crippen molar-refractivity contribution in [2.24, 2.45) is 5.92 Å². The molecule has 1 amide bonds. The summed E-state index contributed by atoms with van der Waals surface area (Å²) in [5.41, 5.74) is 0.0123. The largest absolute Gasteiger partial charge is 0.460 e. The van der Waals surface area contributed by atoms with Crippen molar-refractivity contribution in [2.75, 3.05) is 18.1 Å². The maximum atomic E-state index is 11.8. The Balaban J connectivity index is 2.13. The predicted molar refractivity (Wildman–Crippen MR) is 73.7 cm³/mol. The first-order chi connectivity index (χ1) is 9.56. The van der Waals surface area contributed by atoms with Gasteiger partial charge in [-0.3, -0.25) is 14.5 Å². The minimum absolute atomic E-state index is 0.0123. The van der Waals surface area contributed by atoms with Crippen LogP contribution in [0.4, 0.5) is 5.13 Å². The zero-order valence-electron chi connectivity index (χ0n) is 11.0. The van der Waals surface area contributed by atoms with Gasteiger partial charge < -0.3 is 4.74 Å². The topological polar surface area (TPSA) is 76.6 Å². The summed E-state index contributed by atoms with van der Waals surface area (Å²) in [4.78, 5) is 40.4. The van der Waals surface area contributed by atoms with E-state index in [4.69, 9.17) is 0 Å². The molecule has 0 bridgehead atoms. The number of ketones is 1. The first-order valence-electron chi connectivity index (χ1n) is 6.16. The third kappa shape index (κ3) is 2.77. The molecule has 2 heterocycles. The van der Waals surface area contributed by atoms with E-state index >= 15 is 0 Å². The van der Waals surface area contributed by atoms with E-state index in [2.05, 4.69) is 16.3 Å². The third-order valence-electron chi connectivity index (χ3n) is 2.90. The van der Waals surface area contributed by atoms with Crippen LogP contribution in [0.15, 0.2) is 18.0 Å². The van der Waals surface area contributed by atoms with E-state index in [1.807, 2.05) is 0 Å². The van der Waals surface area contributed by atoms with Crippen LogP contribution in [-0.4, -0.2) is 35.8 Å². The minimum atomic E-state index is -0.930. The van der Waals surface area contributed by atoms with Gasteiger partial charge in [0.15, 0.2) is 5.13 Å². The van der Waals surface area contributed by atoms with E-state index in [-0.39, 0.29) is 24.1 Å². The summed E-state index contributed by atoms with van der Waals surface area (Å²) in [5, 5.41) is 1.88. The summed E-state index contributed by atoms with van der Waals surface area (Å²) >= 11 is 1.16. The lowest BCUT2D eigenvalue weighted by molar-refractivity contribution is -0.137. The number of Topliss-reactive ketones (excluding diaryl/α,β-unsaturated/α-hetero) is 1. The Morgan fingerprint density at radius 1 is 1.65 bits per heavy atom. The fraction of sp³-hybridized carbons (Fsp3) is 0.385. The highest BCUT2D eigenvalue weighted by molar-refractivity contribution is 7.14. The number of aromatic nitrogens is 1. The molecule has 0 aromatic carbocycles. The SMILES string of the molecule is C=CC1CC(=O)N(c2nc(C(=O)C(=O)OCC)cs2)C1. The fourth-order valence-corrected chi connectivity index (χ4v) is 2.70. The second-order valence-electron chi connectivity index (χ2n) is 4.27. The summed E-state index contributed by atoms with van der Waals surface area (Å²) < 4.78 is 4.63. The Morgan fingerprint density at radius 2 is 2.40 bits per heavy atom. The van der Waals surface area contributed by atoms with E-state index in [0.29, 0.717) is 18.1 Å². The number of carbonyl (C=O) groups excluding carboxylic acids is 3. The Kier molecular flexibility index (Phi) is 4.29. The van der Waals surface area contributed by atoms with Crippen LogP contribution in [0.3, 0.4) is 0 Å². The highest BCUT2D eigenvalue weighted by Gasteiger charge is 2.31. The molecule has 1 fully saturated rings. The van der Waals surface area contributed by atoms with E-state index in [1.165, 1.54) is 10.3 Å². The van der Waals surface area contributed by atoms with Gasteiger partial charge in [-0.25, -0.2) is 9.78 Å². The van der Waals surface area contributed by atoms with Crippen LogP contribution in [-0.2, 0) is 14.3 Å². The molecule has 1 atom stereocenters. The molecule has 0 N–H and O–H groups in total. The van der Waals surface area contributed by atoms with Gasteiger partial charge in [-0.05, 0) is 6.92 Å². The molecule has 0 spiro atoms. The summed E-state index contributed by atoms with van der Waals surface area (Å²) in [5.74, 6) is -1.68. The van der Waals surface area contributed by atoms with Crippen LogP contribution in [0.1, 0.15) is 23.8 Å². The predicted octanol–water partition coefficient (Wildman–Crippen LogP) is 1.43. The van der Waals surface area contributed by atoms with Crippen molar-refractivity contribution in [2.45, 2.75) is 13.3 Å². The number of anilines is 1. The average Bonchev–Trinajstić information content (AvgIpc) is 3.04. The Hall–Kier alpha value is -2.02. The van der Waals surface area contributed by atoms with Crippen molar-refractivity contribution in [3.8, 4) is 0 Å². The van der Waals surface area contributed by atoms with Crippen LogP contribution < -0.4 is 4.90 Å². The van der Waals surface area contributed by atoms with Crippen molar-refractivity contribution in [3.05, 3.63) is 23.7 Å². The molecule has 1 aromatic heterocycles. The second-order valence-corrected chi connectivity index (χ2v) is 5.11. The molecule has 106 valence electrons. The number of amides is 1. The van der Waals surface area contributed by atoms with Gasteiger partial charge >= 0.3 is 5.97 Å². The lowest BCUT2D eigenvalue weighted by Gasteiger charge is -2.11. The summed E-state index contributed by atoms with van der Waals surface area (Å²) in [6, 6.07) is 0. The number of hydrogen-bond donors (Lipinski definition) is 0. The molecule has 2 rings (SSSR count). The number of rotatable bonds is 5. The standard InChI is InChI=1S/C13H14N2O4S/c1-3-8-5-10(16)15(6-8)13-14-9(7-20-13)11(17)12(18)19-4-2/h3,7-8H,1,4-6H2,2H3. The molecular formula is C13H14N2O4S.